The van der Waals surface area contributed by atoms with Gasteiger partial charge in [-0.05, 0) is 48.0 Å². The molecule has 0 aliphatic heterocycles. The molecule has 0 unspecified atom stereocenters. The third-order valence-corrected chi connectivity index (χ3v) is 2.82. The van der Waals surface area contributed by atoms with Gasteiger partial charge in [0, 0.05) is 16.7 Å². The lowest BCUT2D eigenvalue weighted by Gasteiger charge is -2.13. The van der Waals surface area contributed by atoms with Crippen molar-refractivity contribution in [2.75, 3.05) is 18.5 Å². The fourth-order valence-electron chi connectivity index (χ4n) is 1.32. The third-order valence-electron chi connectivity index (χ3n) is 2.17. The smallest absolute Gasteiger partial charge is 0.382 e. The highest BCUT2D eigenvalue weighted by molar-refractivity contribution is 9.10. The molecule has 0 heterocycles. The Morgan fingerprint density at radius 1 is 1.33 bits per heavy atom. The Labute approximate surface area is 113 Å². The number of halogens is 4. The Bertz CT molecular complexity index is 393. The molecule has 0 saturated heterocycles. The van der Waals surface area contributed by atoms with Gasteiger partial charge in [0.1, 0.15) is 0 Å². The SMILES string of the molecule is CC(C)OCCNc1ccc(C(F)(F)F)cc1Br. The van der Waals surface area contributed by atoms with Gasteiger partial charge in [0.25, 0.3) is 0 Å². The lowest BCUT2D eigenvalue weighted by molar-refractivity contribution is -0.137. The summed E-state index contributed by atoms with van der Waals surface area (Å²) in [6.45, 7) is 4.90. The second-order valence-electron chi connectivity index (χ2n) is 4.04. The van der Waals surface area contributed by atoms with E-state index in [4.69, 9.17) is 4.74 Å². The van der Waals surface area contributed by atoms with Crippen LogP contribution < -0.4 is 5.32 Å². The predicted octanol–water partition coefficient (Wildman–Crippen LogP) is 4.30. The quantitative estimate of drug-likeness (QED) is 0.815. The maximum Gasteiger partial charge on any atom is 0.416 e. The molecule has 6 heteroatoms. The van der Waals surface area contributed by atoms with E-state index in [1.165, 1.54) is 6.07 Å². The van der Waals surface area contributed by atoms with E-state index in [1.54, 1.807) is 0 Å². The maximum atomic E-state index is 12.4. The monoisotopic (exact) mass is 325 g/mol. The van der Waals surface area contributed by atoms with Gasteiger partial charge in [0.15, 0.2) is 0 Å². The fourth-order valence-corrected chi connectivity index (χ4v) is 1.83. The molecule has 1 aromatic carbocycles. The molecule has 0 saturated carbocycles. The second kappa shape index (κ2) is 6.43. The minimum atomic E-state index is -4.32. The van der Waals surface area contributed by atoms with Crippen LogP contribution in [0.1, 0.15) is 19.4 Å². The molecule has 0 fully saturated rings. The molecule has 0 radical (unpaired) electrons. The van der Waals surface area contributed by atoms with Crippen molar-refractivity contribution >= 4 is 21.6 Å². The number of nitrogens with one attached hydrogen (secondary N) is 1. The van der Waals surface area contributed by atoms with Crippen LogP contribution in [0.3, 0.4) is 0 Å². The Balaban J connectivity index is 2.58. The van der Waals surface area contributed by atoms with Crippen molar-refractivity contribution in [1.29, 1.82) is 0 Å². The highest BCUT2D eigenvalue weighted by atomic mass is 79.9. The van der Waals surface area contributed by atoms with E-state index in [1.807, 2.05) is 13.8 Å². The number of anilines is 1. The molecule has 1 rings (SSSR count). The van der Waals surface area contributed by atoms with E-state index in [-0.39, 0.29) is 6.10 Å². The van der Waals surface area contributed by atoms with E-state index in [2.05, 4.69) is 21.2 Å². The van der Waals surface area contributed by atoms with Gasteiger partial charge in [-0.3, -0.25) is 0 Å². The number of ether oxygens (including phenoxy) is 1. The van der Waals surface area contributed by atoms with Gasteiger partial charge in [-0.1, -0.05) is 0 Å². The van der Waals surface area contributed by atoms with Gasteiger partial charge < -0.3 is 10.1 Å². The van der Waals surface area contributed by atoms with Gasteiger partial charge in [-0.15, -0.1) is 0 Å². The summed E-state index contributed by atoms with van der Waals surface area (Å²) in [7, 11) is 0. The highest BCUT2D eigenvalue weighted by Gasteiger charge is 2.30. The summed E-state index contributed by atoms with van der Waals surface area (Å²) in [5.74, 6) is 0. The highest BCUT2D eigenvalue weighted by Crippen LogP contribution is 2.33. The minimum absolute atomic E-state index is 0.142. The second-order valence-corrected chi connectivity index (χ2v) is 4.89. The van der Waals surface area contributed by atoms with Crippen LogP contribution in [0.15, 0.2) is 22.7 Å². The van der Waals surface area contributed by atoms with Crippen LogP contribution in [0.2, 0.25) is 0 Å². The molecule has 0 spiro atoms. The third kappa shape index (κ3) is 4.86. The molecule has 18 heavy (non-hydrogen) atoms. The first-order chi connectivity index (χ1) is 8.30. The zero-order valence-corrected chi connectivity index (χ0v) is 11.7. The molecule has 0 bridgehead atoms. The van der Waals surface area contributed by atoms with Crippen molar-refractivity contribution in [3.05, 3.63) is 28.2 Å². The Hall–Kier alpha value is -0.750. The summed E-state index contributed by atoms with van der Waals surface area (Å²) < 4.78 is 43.0. The topological polar surface area (TPSA) is 21.3 Å². The number of alkyl halides is 3. The summed E-state index contributed by atoms with van der Waals surface area (Å²) in [6, 6.07) is 3.52. The van der Waals surface area contributed by atoms with Gasteiger partial charge in [0.05, 0.1) is 18.3 Å². The van der Waals surface area contributed by atoms with Crippen LogP contribution in [0, 0.1) is 0 Å². The van der Waals surface area contributed by atoms with Crippen molar-refractivity contribution in [3.63, 3.8) is 0 Å². The maximum absolute atomic E-state index is 12.4. The zero-order valence-electron chi connectivity index (χ0n) is 10.1. The minimum Gasteiger partial charge on any atom is -0.382 e. The molecule has 1 N–H and O–H groups in total. The number of hydrogen-bond donors (Lipinski definition) is 1. The molecule has 0 amide bonds. The van der Waals surface area contributed by atoms with Crippen LogP contribution in [-0.4, -0.2) is 19.3 Å². The number of benzene rings is 1. The van der Waals surface area contributed by atoms with Gasteiger partial charge >= 0.3 is 6.18 Å². The average Bonchev–Trinajstić information content (AvgIpc) is 2.24. The number of rotatable bonds is 5. The molecular formula is C12H15BrF3NO. The summed E-state index contributed by atoms with van der Waals surface area (Å²) in [4.78, 5) is 0. The van der Waals surface area contributed by atoms with Crippen LogP contribution in [-0.2, 0) is 10.9 Å². The first kappa shape index (κ1) is 15.3. The van der Waals surface area contributed by atoms with Gasteiger partial charge in [-0.25, -0.2) is 0 Å². The van der Waals surface area contributed by atoms with Crippen molar-refractivity contribution in [2.24, 2.45) is 0 Å². The van der Waals surface area contributed by atoms with Crippen LogP contribution in [0.4, 0.5) is 18.9 Å². The predicted molar refractivity (Wildman–Crippen MR) is 68.7 cm³/mol. The normalized spacial score (nSPS) is 11.9. The molecule has 1 aromatic rings. The lowest BCUT2D eigenvalue weighted by Crippen LogP contribution is -2.13. The van der Waals surface area contributed by atoms with E-state index in [0.717, 1.165) is 12.1 Å². The molecule has 0 aliphatic carbocycles. The Morgan fingerprint density at radius 2 is 2.00 bits per heavy atom. The first-order valence-corrected chi connectivity index (χ1v) is 6.32. The van der Waals surface area contributed by atoms with Crippen LogP contribution in [0.5, 0.6) is 0 Å². The fraction of sp³-hybridized carbons (Fsp3) is 0.500. The Kier molecular flexibility index (Phi) is 5.47. The van der Waals surface area contributed by atoms with E-state index >= 15 is 0 Å². The summed E-state index contributed by atoms with van der Waals surface area (Å²) in [5, 5.41) is 3.01. The van der Waals surface area contributed by atoms with Crippen LogP contribution >= 0.6 is 15.9 Å². The van der Waals surface area contributed by atoms with Crippen molar-refractivity contribution in [2.45, 2.75) is 26.1 Å². The Morgan fingerprint density at radius 3 is 2.50 bits per heavy atom. The molecule has 2 nitrogen and oxygen atoms in total. The molecular weight excluding hydrogens is 311 g/mol. The first-order valence-electron chi connectivity index (χ1n) is 5.53. The van der Waals surface area contributed by atoms with E-state index in [9.17, 15) is 13.2 Å². The van der Waals surface area contributed by atoms with Crippen molar-refractivity contribution in [1.82, 2.24) is 0 Å². The van der Waals surface area contributed by atoms with E-state index in [0.29, 0.717) is 23.3 Å². The molecule has 0 atom stereocenters. The van der Waals surface area contributed by atoms with Gasteiger partial charge in [-0.2, -0.15) is 13.2 Å². The summed E-state index contributed by atoms with van der Waals surface area (Å²) in [6.07, 6.45) is -4.18. The largest absolute Gasteiger partial charge is 0.416 e. The number of hydrogen-bond acceptors (Lipinski definition) is 2. The molecule has 0 aromatic heterocycles. The summed E-state index contributed by atoms with van der Waals surface area (Å²) >= 11 is 3.12. The van der Waals surface area contributed by atoms with E-state index < -0.39 is 11.7 Å². The van der Waals surface area contributed by atoms with Crippen molar-refractivity contribution < 1.29 is 17.9 Å². The molecule has 102 valence electrons. The standard InChI is InChI=1S/C12H15BrF3NO/c1-8(2)18-6-5-17-11-4-3-9(7-10(11)13)12(14,15)16/h3-4,7-8,17H,5-6H2,1-2H3. The van der Waals surface area contributed by atoms with Crippen LogP contribution in [0.25, 0.3) is 0 Å². The summed E-state index contributed by atoms with van der Waals surface area (Å²) in [5.41, 5.74) is -0.0475. The van der Waals surface area contributed by atoms with Gasteiger partial charge in [0.2, 0.25) is 0 Å². The average molecular weight is 326 g/mol. The molecule has 0 aliphatic rings. The van der Waals surface area contributed by atoms with Crippen molar-refractivity contribution in [3.8, 4) is 0 Å². The lowest BCUT2D eigenvalue weighted by atomic mass is 10.2. The zero-order chi connectivity index (χ0) is 13.8.